The van der Waals surface area contributed by atoms with Gasteiger partial charge in [0.15, 0.2) is 0 Å². The van der Waals surface area contributed by atoms with Gasteiger partial charge in [0.05, 0.1) is 0 Å². The molecule has 1 aliphatic heterocycles. The summed E-state index contributed by atoms with van der Waals surface area (Å²) in [7, 11) is 0. The minimum atomic E-state index is -0.869. The van der Waals surface area contributed by atoms with E-state index in [0.29, 0.717) is 12.1 Å². The van der Waals surface area contributed by atoms with E-state index in [1.807, 2.05) is 54.6 Å². The third kappa shape index (κ3) is 3.97. The van der Waals surface area contributed by atoms with Gasteiger partial charge >= 0.3 is 5.97 Å². The number of cyclic esters (lactones) is 1. The zero-order chi connectivity index (χ0) is 17.6. The maximum Gasteiger partial charge on any atom is 0.332 e. The van der Waals surface area contributed by atoms with E-state index < -0.39 is 12.1 Å². The van der Waals surface area contributed by atoms with Gasteiger partial charge in [-0.3, -0.25) is 4.79 Å². The molecule has 4 nitrogen and oxygen atoms in total. The molecule has 128 valence electrons. The van der Waals surface area contributed by atoms with Crippen LogP contribution in [0.25, 0.3) is 16.7 Å². The molecule has 0 aliphatic carbocycles. The third-order valence-corrected chi connectivity index (χ3v) is 4.18. The molecule has 25 heavy (non-hydrogen) atoms. The SMILES string of the molecule is CCCCNC(=O)C1OC(=O)C=C1c1ccc(-c2ccccc2)cc1. The Hall–Kier alpha value is -2.88. The average molecular weight is 335 g/mol. The van der Waals surface area contributed by atoms with Crippen LogP contribution in [0, 0.1) is 0 Å². The molecular weight excluding hydrogens is 314 g/mol. The van der Waals surface area contributed by atoms with E-state index in [-0.39, 0.29) is 5.91 Å². The topological polar surface area (TPSA) is 55.4 Å². The summed E-state index contributed by atoms with van der Waals surface area (Å²) in [6.45, 7) is 2.64. The first-order chi connectivity index (χ1) is 12.2. The van der Waals surface area contributed by atoms with Crippen molar-refractivity contribution < 1.29 is 14.3 Å². The summed E-state index contributed by atoms with van der Waals surface area (Å²) in [5.41, 5.74) is 3.63. The molecule has 0 aromatic heterocycles. The van der Waals surface area contributed by atoms with E-state index >= 15 is 0 Å². The summed E-state index contributed by atoms with van der Waals surface area (Å²) in [5.74, 6) is -0.740. The largest absolute Gasteiger partial charge is 0.444 e. The summed E-state index contributed by atoms with van der Waals surface area (Å²) in [6, 6.07) is 17.9. The number of rotatable bonds is 6. The van der Waals surface area contributed by atoms with Crippen molar-refractivity contribution >= 4 is 17.4 Å². The van der Waals surface area contributed by atoms with Crippen molar-refractivity contribution in [3.8, 4) is 11.1 Å². The predicted octanol–water partition coefficient (Wildman–Crippen LogP) is 3.58. The van der Waals surface area contributed by atoms with Crippen LogP contribution in [0.3, 0.4) is 0 Å². The van der Waals surface area contributed by atoms with Crippen LogP contribution >= 0.6 is 0 Å². The van der Waals surface area contributed by atoms with Gasteiger partial charge in [-0.1, -0.05) is 67.9 Å². The van der Waals surface area contributed by atoms with Crippen LogP contribution in [0.4, 0.5) is 0 Å². The van der Waals surface area contributed by atoms with E-state index in [9.17, 15) is 9.59 Å². The maximum absolute atomic E-state index is 12.3. The first-order valence-corrected chi connectivity index (χ1v) is 8.55. The average Bonchev–Trinajstić information content (AvgIpc) is 3.05. The van der Waals surface area contributed by atoms with Gasteiger partial charge in [-0.05, 0) is 23.1 Å². The molecule has 1 amide bonds. The molecule has 0 spiro atoms. The summed E-state index contributed by atoms with van der Waals surface area (Å²) >= 11 is 0. The van der Waals surface area contributed by atoms with Crippen molar-refractivity contribution in [2.24, 2.45) is 0 Å². The second kappa shape index (κ2) is 7.79. The predicted molar refractivity (Wildman–Crippen MR) is 97.7 cm³/mol. The number of carbonyl (C=O) groups excluding carboxylic acids is 2. The van der Waals surface area contributed by atoms with Gasteiger partial charge in [-0.2, -0.15) is 0 Å². The lowest BCUT2D eigenvalue weighted by Gasteiger charge is -2.15. The molecule has 0 radical (unpaired) electrons. The Morgan fingerprint density at radius 2 is 1.64 bits per heavy atom. The molecule has 4 heteroatoms. The molecule has 3 rings (SSSR count). The molecule has 2 aromatic carbocycles. The summed E-state index contributed by atoms with van der Waals surface area (Å²) in [6.07, 6.45) is 2.43. The standard InChI is InChI=1S/C21H21NO3/c1-2-3-13-22-21(24)20-18(14-19(23)25-20)17-11-9-16(10-12-17)15-7-5-4-6-8-15/h4-12,14,20H,2-3,13H2,1H3,(H,22,24). The first kappa shape index (κ1) is 17.0. The lowest BCUT2D eigenvalue weighted by atomic mass is 9.97. The van der Waals surface area contributed by atoms with Crippen molar-refractivity contribution in [2.75, 3.05) is 6.54 Å². The Kier molecular flexibility index (Phi) is 5.29. The van der Waals surface area contributed by atoms with E-state index in [2.05, 4.69) is 12.2 Å². The van der Waals surface area contributed by atoms with Crippen molar-refractivity contribution in [3.05, 3.63) is 66.2 Å². The van der Waals surface area contributed by atoms with E-state index in [0.717, 1.165) is 29.5 Å². The van der Waals surface area contributed by atoms with Crippen LogP contribution in [0.15, 0.2) is 60.7 Å². The van der Waals surface area contributed by atoms with Gasteiger partial charge < -0.3 is 10.1 Å². The molecule has 0 fully saturated rings. The zero-order valence-electron chi connectivity index (χ0n) is 14.2. The fraction of sp³-hybridized carbons (Fsp3) is 0.238. The number of esters is 1. The molecular formula is C21H21NO3. The van der Waals surface area contributed by atoms with Crippen molar-refractivity contribution in [1.29, 1.82) is 0 Å². The van der Waals surface area contributed by atoms with Gasteiger partial charge in [-0.15, -0.1) is 0 Å². The van der Waals surface area contributed by atoms with Crippen LogP contribution in [0.5, 0.6) is 0 Å². The third-order valence-electron chi connectivity index (χ3n) is 4.18. The molecule has 0 bridgehead atoms. The van der Waals surface area contributed by atoms with Gasteiger partial charge in [0.1, 0.15) is 0 Å². The van der Waals surface area contributed by atoms with Crippen LogP contribution < -0.4 is 5.32 Å². The molecule has 2 aromatic rings. The smallest absolute Gasteiger partial charge is 0.332 e. The number of ether oxygens (including phenoxy) is 1. The molecule has 0 saturated heterocycles. The monoisotopic (exact) mass is 335 g/mol. The summed E-state index contributed by atoms with van der Waals surface area (Å²) in [4.78, 5) is 24.0. The molecule has 1 unspecified atom stereocenters. The Bertz CT molecular complexity index is 779. The fourth-order valence-electron chi connectivity index (χ4n) is 2.81. The summed E-state index contributed by atoms with van der Waals surface area (Å²) < 4.78 is 5.19. The second-order valence-electron chi connectivity index (χ2n) is 6.00. The fourth-order valence-corrected chi connectivity index (χ4v) is 2.81. The van der Waals surface area contributed by atoms with E-state index in [1.54, 1.807) is 0 Å². The quantitative estimate of drug-likeness (QED) is 0.648. The van der Waals surface area contributed by atoms with Crippen LogP contribution in [-0.2, 0) is 14.3 Å². The minimum Gasteiger partial charge on any atom is -0.444 e. The normalized spacial score (nSPS) is 16.3. The van der Waals surface area contributed by atoms with Crippen LogP contribution in [-0.4, -0.2) is 24.5 Å². The van der Waals surface area contributed by atoms with Crippen LogP contribution in [0.2, 0.25) is 0 Å². The second-order valence-corrected chi connectivity index (χ2v) is 6.00. The van der Waals surface area contributed by atoms with Crippen molar-refractivity contribution in [2.45, 2.75) is 25.9 Å². The highest BCUT2D eigenvalue weighted by Gasteiger charge is 2.33. The number of unbranched alkanes of at least 4 members (excludes halogenated alkanes) is 1. The Labute approximate surface area is 147 Å². The zero-order valence-corrected chi connectivity index (χ0v) is 14.2. The van der Waals surface area contributed by atoms with E-state index in [4.69, 9.17) is 4.74 Å². The highest BCUT2D eigenvalue weighted by atomic mass is 16.6. The van der Waals surface area contributed by atoms with E-state index in [1.165, 1.54) is 6.08 Å². The molecule has 1 N–H and O–H groups in total. The number of benzene rings is 2. The highest BCUT2D eigenvalue weighted by molar-refractivity contribution is 6.06. The van der Waals surface area contributed by atoms with Gasteiger partial charge in [0.2, 0.25) is 6.10 Å². The molecule has 1 atom stereocenters. The maximum atomic E-state index is 12.3. The number of carbonyl (C=O) groups is 2. The van der Waals surface area contributed by atoms with Crippen LogP contribution in [0.1, 0.15) is 25.3 Å². The lowest BCUT2D eigenvalue weighted by molar-refractivity contribution is -0.145. The molecule has 1 aliphatic rings. The lowest BCUT2D eigenvalue weighted by Crippen LogP contribution is -2.36. The van der Waals surface area contributed by atoms with Gasteiger partial charge in [0, 0.05) is 18.2 Å². The number of hydrogen-bond acceptors (Lipinski definition) is 3. The Balaban J connectivity index is 1.78. The number of hydrogen-bond donors (Lipinski definition) is 1. The summed E-state index contributed by atoms with van der Waals surface area (Å²) in [5, 5.41) is 2.83. The van der Waals surface area contributed by atoms with Gasteiger partial charge in [0.25, 0.3) is 5.91 Å². The molecule has 0 saturated carbocycles. The first-order valence-electron chi connectivity index (χ1n) is 8.55. The number of amides is 1. The minimum absolute atomic E-state index is 0.266. The van der Waals surface area contributed by atoms with Crippen molar-refractivity contribution in [1.82, 2.24) is 5.32 Å². The number of nitrogens with one attached hydrogen (secondary N) is 1. The van der Waals surface area contributed by atoms with Crippen molar-refractivity contribution in [3.63, 3.8) is 0 Å². The molecule has 1 heterocycles. The Morgan fingerprint density at radius 1 is 1.00 bits per heavy atom. The Morgan fingerprint density at radius 3 is 2.32 bits per heavy atom. The van der Waals surface area contributed by atoms with Gasteiger partial charge in [-0.25, -0.2) is 4.79 Å². The highest BCUT2D eigenvalue weighted by Crippen LogP contribution is 2.28.